The Hall–Kier alpha value is -6.51. The molecule has 20 nitrogen and oxygen atoms in total. The molecule has 1 saturated carbocycles. The Bertz CT molecular complexity index is 2580. The van der Waals surface area contributed by atoms with E-state index in [4.69, 9.17) is 23.9 Å². The van der Waals surface area contributed by atoms with Gasteiger partial charge in [0.1, 0.15) is 23.3 Å². The van der Waals surface area contributed by atoms with Crippen molar-refractivity contribution in [2.24, 2.45) is 5.92 Å². The molecule has 0 spiro atoms. The van der Waals surface area contributed by atoms with Crippen LogP contribution in [0.25, 0.3) is 16.5 Å². The van der Waals surface area contributed by atoms with Crippen LogP contribution in [0.3, 0.4) is 0 Å². The number of fused-ring (bicyclic) bond motifs is 4. The summed E-state index contributed by atoms with van der Waals surface area (Å²) in [6, 6.07) is 9.78. The molecular formula is C46H58N12O8. The van der Waals surface area contributed by atoms with E-state index in [1.54, 1.807) is 43.6 Å². The van der Waals surface area contributed by atoms with Crippen LogP contribution in [0, 0.1) is 12.8 Å². The minimum atomic E-state index is -0.844. The van der Waals surface area contributed by atoms with Crippen molar-refractivity contribution in [3.05, 3.63) is 76.4 Å². The quantitative estimate of drug-likeness (QED) is 0.0585. The van der Waals surface area contributed by atoms with E-state index in [2.05, 4.69) is 57.9 Å². The molecule has 350 valence electrons. The number of nitrogens with one attached hydrogen (secondary N) is 4. The van der Waals surface area contributed by atoms with E-state index in [0.717, 1.165) is 40.8 Å². The maximum atomic E-state index is 13.4. The normalized spacial score (nSPS) is 17.3. The van der Waals surface area contributed by atoms with Crippen molar-refractivity contribution in [3.63, 3.8) is 0 Å². The van der Waals surface area contributed by atoms with Gasteiger partial charge in [0.15, 0.2) is 11.6 Å². The molecule has 66 heavy (non-hydrogen) atoms. The fraction of sp³-hybridized carbons (Fsp3) is 0.500. The predicted molar refractivity (Wildman–Crippen MR) is 246 cm³/mol. The number of piperidine rings is 1. The van der Waals surface area contributed by atoms with Crippen molar-refractivity contribution in [1.29, 1.82) is 0 Å². The Labute approximate surface area is 382 Å². The van der Waals surface area contributed by atoms with Crippen LogP contribution >= 0.6 is 0 Å². The highest BCUT2D eigenvalue weighted by atomic mass is 16.5. The number of benzene rings is 2. The number of methoxy groups -OCH3 is 1. The number of aromatic nitrogens is 7. The number of aryl methyl sites for hydroxylation is 1. The topological polar surface area (TPSA) is 231 Å². The lowest BCUT2D eigenvalue weighted by molar-refractivity contribution is -0.136. The Morgan fingerprint density at radius 2 is 1.67 bits per heavy atom. The molecule has 2 aromatic carbocycles. The molecule has 1 saturated heterocycles. The van der Waals surface area contributed by atoms with Crippen molar-refractivity contribution in [2.45, 2.75) is 77.3 Å². The van der Waals surface area contributed by atoms with E-state index in [0.29, 0.717) is 98.1 Å². The van der Waals surface area contributed by atoms with Crippen LogP contribution < -0.4 is 36.5 Å². The number of ether oxygens (including phenoxy) is 4. The monoisotopic (exact) mass is 906 g/mol. The van der Waals surface area contributed by atoms with Gasteiger partial charge in [0, 0.05) is 42.7 Å². The van der Waals surface area contributed by atoms with Gasteiger partial charge in [-0.15, -0.1) is 10.2 Å². The summed E-state index contributed by atoms with van der Waals surface area (Å²) in [6.07, 6.45) is 10.8. The summed E-state index contributed by atoms with van der Waals surface area (Å²) < 4.78 is 25.9. The fourth-order valence-electron chi connectivity index (χ4n) is 8.93. The first-order chi connectivity index (χ1) is 32.2. The molecule has 1 aliphatic carbocycles. The highest BCUT2D eigenvalue weighted by molar-refractivity contribution is 6.00. The molecule has 3 aromatic heterocycles. The number of amides is 3. The zero-order valence-electron chi connectivity index (χ0n) is 37.7. The number of imide groups is 1. The van der Waals surface area contributed by atoms with E-state index in [1.165, 1.54) is 32.1 Å². The summed E-state index contributed by atoms with van der Waals surface area (Å²) in [5, 5.41) is 26.0. The first-order valence-electron chi connectivity index (χ1n) is 22.8. The second kappa shape index (κ2) is 21.7. The second-order valence-corrected chi connectivity index (χ2v) is 16.6. The van der Waals surface area contributed by atoms with Crippen molar-refractivity contribution in [3.8, 4) is 11.4 Å². The van der Waals surface area contributed by atoms with Gasteiger partial charge in [0.05, 0.1) is 76.3 Å². The minimum absolute atomic E-state index is 0.0487. The number of hydrogen-bond acceptors (Lipinski definition) is 16. The van der Waals surface area contributed by atoms with Crippen LogP contribution in [0.4, 0.5) is 23.1 Å². The van der Waals surface area contributed by atoms with Crippen molar-refractivity contribution >= 4 is 51.6 Å². The number of rotatable bonds is 21. The Kier molecular flexibility index (Phi) is 15.1. The van der Waals surface area contributed by atoms with Crippen LogP contribution in [0.15, 0.2) is 53.6 Å². The molecule has 4 N–H and O–H groups in total. The Morgan fingerprint density at radius 3 is 2.42 bits per heavy atom. The van der Waals surface area contributed by atoms with E-state index >= 15 is 0 Å². The minimum Gasteiger partial charge on any atom is -0.495 e. The molecule has 0 bridgehead atoms. The summed E-state index contributed by atoms with van der Waals surface area (Å²) in [4.78, 5) is 62.6. The lowest BCUT2D eigenvalue weighted by Gasteiger charge is -2.39. The van der Waals surface area contributed by atoms with Crippen LogP contribution in [0.2, 0.25) is 0 Å². The van der Waals surface area contributed by atoms with E-state index in [9.17, 15) is 19.2 Å². The highest BCUT2D eigenvalue weighted by Crippen LogP contribution is 2.41. The molecule has 5 aromatic rings. The molecule has 2 fully saturated rings. The van der Waals surface area contributed by atoms with Crippen LogP contribution in [-0.2, 0) is 23.8 Å². The molecule has 8 rings (SSSR count). The summed E-state index contributed by atoms with van der Waals surface area (Å²) in [6.45, 7) is 7.87. The third-order valence-corrected chi connectivity index (χ3v) is 12.2. The number of carbonyl (C=O) groups is 3. The number of hydrogen-bond donors (Lipinski definition) is 4. The van der Waals surface area contributed by atoms with E-state index < -0.39 is 17.5 Å². The van der Waals surface area contributed by atoms with Gasteiger partial charge in [0.2, 0.25) is 11.9 Å². The van der Waals surface area contributed by atoms with Crippen LogP contribution in [-0.4, -0.2) is 119 Å². The first-order valence-corrected chi connectivity index (χ1v) is 22.8. The third kappa shape index (κ3) is 10.5. The lowest BCUT2D eigenvalue weighted by Crippen LogP contribution is -2.45. The summed E-state index contributed by atoms with van der Waals surface area (Å²) in [5.41, 5.74) is 2.12. The molecule has 2 atom stereocenters. The smallest absolute Gasteiger partial charge is 0.277 e. The summed E-state index contributed by atoms with van der Waals surface area (Å²) >= 11 is 0. The van der Waals surface area contributed by atoms with Gasteiger partial charge in [-0.25, -0.2) is 9.67 Å². The molecular weight excluding hydrogens is 849 g/mol. The van der Waals surface area contributed by atoms with E-state index in [-0.39, 0.29) is 30.7 Å². The predicted octanol–water partition coefficient (Wildman–Crippen LogP) is 4.55. The standard InChI is InChI=1S/C46H58N12O8/c1-4-35-42-55-54-29(2)57(42)37-27-49-46(53-41(37)56(35)28-30-9-6-5-7-10-30)51-33-14-13-31(25-38(33)63-3)43(60)48-18-20-65-22-24-66-23-21-64-19-17-47-34-12-8-11-32-26-50-58(45(62)40(32)34)36-15-16-39(59)52-44(36)61/h8,11-14,25-27,30,35-36,47H,4-7,9-10,15-24,28H2,1-3H3,(H,48,60)(H,49,51,53)(H,52,59,61)/t35-,36?/m1/s1. The lowest BCUT2D eigenvalue weighted by atomic mass is 9.88. The summed E-state index contributed by atoms with van der Waals surface area (Å²) in [7, 11) is 1.56. The zero-order chi connectivity index (χ0) is 46.0. The average Bonchev–Trinajstić information content (AvgIpc) is 3.72. The number of nitrogens with zero attached hydrogens (tertiary/aromatic N) is 8. The van der Waals surface area contributed by atoms with Crippen molar-refractivity contribution in [2.75, 3.05) is 81.9 Å². The van der Waals surface area contributed by atoms with E-state index in [1.807, 2.05) is 19.2 Å². The summed E-state index contributed by atoms with van der Waals surface area (Å²) in [5.74, 6) is 2.90. The molecule has 1 unspecified atom stereocenters. The largest absolute Gasteiger partial charge is 0.495 e. The Morgan fingerprint density at radius 1 is 0.894 bits per heavy atom. The van der Waals surface area contributed by atoms with Gasteiger partial charge < -0.3 is 39.8 Å². The highest BCUT2D eigenvalue weighted by Gasteiger charge is 2.36. The molecule has 3 amide bonds. The third-order valence-electron chi connectivity index (χ3n) is 12.2. The van der Waals surface area contributed by atoms with Crippen molar-refractivity contribution < 1.29 is 33.3 Å². The maximum absolute atomic E-state index is 13.4. The SMILES string of the molecule is CC[C@@H]1c2nnc(C)n2-c2cnc(Nc3ccc(C(=O)NCCOCCOCCOCCNc4cccc5cnn(C6CCC(=O)NC6=O)c(=O)c45)cc3OC)nc2N1CC1CCCCC1. The van der Waals surface area contributed by atoms with Gasteiger partial charge in [-0.05, 0) is 62.8 Å². The van der Waals surface area contributed by atoms with Gasteiger partial charge in [-0.2, -0.15) is 10.1 Å². The fourth-order valence-corrected chi connectivity index (χ4v) is 8.93. The van der Waals surface area contributed by atoms with Crippen LogP contribution in [0.5, 0.6) is 5.75 Å². The first kappa shape index (κ1) is 46.0. The number of anilines is 4. The zero-order valence-corrected chi connectivity index (χ0v) is 37.7. The van der Waals surface area contributed by atoms with Crippen molar-refractivity contribution in [1.82, 2.24) is 45.1 Å². The number of carbonyl (C=O) groups excluding carboxylic acids is 3. The molecule has 20 heteroatoms. The van der Waals surface area contributed by atoms with Gasteiger partial charge in [0.25, 0.3) is 17.4 Å². The van der Waals surface area contributed by atoms with Gasteiger partial charge in [-0.1, -0.05) is 38.3 Å². The molecule has 0 radical (unpaired) electrons. The Balaban J connectivity index is 0.742. The molecule has 5 heterocycles. The van der Waals surface area contributed by atoms with Crippen LogP contribution in [0.1, 0.15) is 92.4 Å². The average molecular weight is 907 g/mol. The molecule has 3 aliphatic rings. The van der Waals surface area contributed by atoms with Gasteiger partial charge in [-0.3, -0.25) is 29.1 Å². The van der Waals surface area contributed by atoms with Gasteiger partial charge >= 0.3 is 0 Å². The second-order valence-electron chi connectivity index (χ2n) is 16.6. The maximum Gasteiger partial charge on any atom is 0.277 e. The molecule has 2 aliphatic heterocycles.